The van der Waals surface area contributed by atoms with E-state index in [1.54, 1.807) is 0 Å². The maximum absolute atomic E-state index is 2.41. The summed E-state index contributed by atoms with van der Waals surface area (Å²) in [7, 11) is 0.0426. The Morgan fingerprint density at radius 2 is 1.60 bits per heavy atom. The zero-order chi connectivity index (χ0) is 8.36. The predicted octanol–water partition coefficient (Wildman–Crippen LogP) is 2.33. The van der Waals surface area contributed by atoms with Crippen molar-refractivity contribution in [1.29, 1.82) is 0 Å². The zero-order valence-electron chi connectivity index (χ0n) is 8.14. The summed E-state index contributed by atoms with van der Waals surface area (Å²) in [4.78, 5) is 0. The van der Waals surface area contributed by atoms with Gasteiger partial charge in [0.2, 0.25) is 0 Å². The van der Waals surface area contributed by atoms with Gasteiger partial charge in [0.25, 0.3) is 0 Å². The summed E-state index contributed by atoms with van der Waals surface area (Å²) in [5.41, 5.74) is 0. The maximum atomic E-state index is 2.41. The molecule has 0 rings (SSSR count). The first kappa shape index (κ1) is 10.7. The molecule has 0 amide bonds. The van der Waals surface area contributed by atoms with Crippen LogP contribution < -0.4 is 0 Å². The standard InChI is InChI=1S/C8H22S2/c1-8(9(2)3)7-10(4,5)6/h8-9H,7H2,1-6H3. The van der Waals surface area contributed by atoms with Gasteiger partial charge in [0.05, 0.1) is 0 Å². The normalized spacial score (nSPS) is 18.4. The van der Waals surface area contributed by atoms with Crippen LogP contribution in [-0.4, -0.2) is 42.3 Å². The monoisotopic (exact) mass is 182 g/mol. The van der Waals surface area contributed by atoms with Crippen molar-refractivity contribution in [3.8, 4) is 0 Å². The second kappa shape index (κ2) is 3.91. The van der Waals surface area contributed by atoms with Gasteiger partial charge in [-0.2, -0.15) is 0 Å². The Morgan fingerprint density at radius 1 is 1.20 bits per heavy atom. The average Bonchev–Trinajstić information content (AvgIpc) is 1.60. The van der Waals surface area contributed by atoms with Crippen LogP contribution in [0.3, 0.4) is 0 Å². The van der Waals surface area contributed by atoms with Gasteiger partial charge in [-0.25, -0.2) is 10.0 Å². The molecule has 0 saturated carbocycles. The van der Waals surface area contributed by atoms with Crippen molar-refractivity contribution >= 4 is 20.9 Å². The van der Waals surface area contributed by atoms with E-state index in [1.807, 2.05) is 0 Å². The molecule has 0 fully saturated rings. The Kier molecular flexibility index (Phi) is 4.19. The lowest BCUT2D eigenvalue weighted by Crippen LogP contribution is -2.13. The van der Waals surface area contributed by atoms with E-state index in [1.165, 1.54) is 5.75 Å². The summed E-state index contributed by atoms with van der Waals surface area (Å²) in [6.45, 7) is 2.39. The molecule has 0 aromatic carbocycles. The lowest BCUT2D eigenvalue weighted by Gasteiger charge is -2.32. The first-order chi connectivity index (χ1) is 4.33. The van der Waals surface area contributed by atoms with Gasteiger partial charge in [-0.1, -0.05) is 6.92 Å². The second-order valence-electron chi connectivity index (χ2n) is 4.07. The third-order valence-electron chi connectivity index (χ3n) is 1.62. The molecule has 1 unspecified atom stereocenters. The molecule has 10 heavy (non-hydrogen) atoms. The van der Waals surface area contributed by atoms with Crippen LogP contribution in [0.1, 0.15) is 6.92 Å². The molecule has 0 aliphatic heterocycles. The molecule has 66 valence electrons. The van der Waals surface area contributed by atoms with E-state index in [-0.39, 0.29) is 10.0 Å². The van der Waals surface area contributed by atoms with Crippen molar-refractivity contribution in [1.82, 2.24) is 0 Å². The summed E-state index contributed by atoms with van der Waals surface area (Å²) in [6, 6.07) is 0. The van der Waals surface area contributed by atoms with Crippen molar-refractivity contribution in [3.05, 3.63) is 0 Å². The van der Waals surface area contributed by atoms with Gasteiger partial charge in [0.15, 0.2) is 0 Å². The van der Waals surface area contributed by atoms with E-state index in [0.717, 1.165) is 5.25 Å². The first-order valence-corrected chi connectivity index (χ1v) is 8.98. The van der Waals surface area contributed by atoms with Crippen molar-refractivity contribution in [2.75, 3.05) is 37.0 Å². The van der Waals surface area contributed by atoms with E-state index in [4.69, 9.17) is 0 Å². The molecule has 0 bridgehead atoms. The quantitative estimate of drug-likeness (QED) is 0.636. The molecule has 1 atom stereocenters. The number of rotatable bonds is 3. The minimum Gasteiger partial charge on any atom is -0.256 e. The van der Waals surface area contributed by atoms with Crippen LogP contribution >= 0.6 is 20.9 Å². The van der Waals surface area contributed by atoms with E-state index in [9.17, 15) is 0 Å². The summed E-state index contributed by atoms with van der Waals surface area (Å²) >= 11 is 0. The molecule has 0 N–H and O–H groups in total. The summed E-state index contributed by atoms with van der Waals surface area (Å²) in [5.74, 6) is 1.45. The number of hydrogen-bond acceptors (Lipinski definition) is 0. The number of thiol groups is 1. The lowest BCUT2D eigenvalue weighted by atomic mass is 10.6. The fourth-order valence-corrected chi connectivity index (χ4v) is 4.85. The van der Waals surface area contributed by atoms with Crippen LogP contribution in [0.2, 0.25) is 0 Å². The van der Waals surface area contributed by atoms with E-state index >= 15 is 0 Å². The third-order valence-corrected chi connectivity index (χ3v) is 5.32. The fourth-order valence-electron chi connectivity index (χ4n) is 0.873. The molecule has 0 spiro atoms. The van der Waals surface area contributed by atoms with Crippen LogP contribution in [0.4, 0.5) is 0 Å². The van der Waals surface area contributed by atoms with Gasteiger partial charge in [-0.3, -0.25) is 10.9 Å². The van der Waals surface area contributed by atoms with E-state index in [0.29, 0.717) is 10.9 Å². The SMILES string of the molecule is CC(CS(C)(C)C)[SH](C)C. The molecule has 0 aliphatic rings. The average molecular weight is 182 g/mol. The van der Waals surface area contributed by atoms with Crippen LogP contribution in [0.15, 0.2) is 0 Å². The van der Waals surface area contributed by atoms with Crippen LogP contribution in [-0.2, 0) is 0 Å². The minimum atomic E-state index is -0.252. The van der Waals surface area contributed by atoms with E-state index < -0.39 is 0 Å². The van der Waals surface area contributed by atoms with Crippen LogP contribution in [0.5, 0.6) is 0 Å². The molecule has 0 heterocycles. The molecule has 2 heteroatoms. The zero-order valence-corrected chi connectivity index (χ0v) is 9.85. The first-order valence-electron chi connectivity index (χ1n) is 3.65. The highest BCUT2D eigenvalue weighted by molar-refractivity contribution is 8.32. The molecule has 0 radical (unpaired) electrons. The topological polar surface area (TPSA) is 0 Å². The summed E-state index contributed by atoms with van der Waals surface area (Å²) < 4.78 is 0. The Bertz CT molecular complexity index is 91.9. The highest BCUT2D eigenvalue weighted by Crippen LogP contribution is 2.40. The van der Waals surface area contributed by atoms with Gasteiger partial charge in [0, 0.05) is 0 Å². The molecule has 0 aromatic heterocycles. The molecular weight excluding hydrogens is 160 g/mol. The third kappa shape index (κ3) is 5.48. The fraction of sp³-hybridized carbons (Fsp3) is 1.00. The van der Waals surface area contributed by atoms with Crippen LogP contribution in [0, 0.1) is 0 Å². The van der Waals surface area contributed by atoms with Gasteiger partial charge < -0.3 is 0 Å². The molecular formula is C8H22S2. The molecule has 0 aliphatic carbocycles. The van der Waals surface area contributed by atoms with Crippen molar-refractivity contribution < 1.29 is 0 Å². The number of hydrogen-bond donors (Lipinski definition) is 1. The smallest absolute Gasteiger partial charge is 0.00936 e. The largest absolute Gasteiger partial charge is 0.256 e. The Labute approximate surface area is 70.4 Å². The van der Waals surface area contributed by atoms with Crippen molar-refractivity contribution in [3.63, 3.8) is 0 Å². The van der Waals surface area contributed by atoms with Gasteiger partial charge in [-0.05, 0) is 42.3 Å². The summed E-state index contributed by atoms with van der Waals surface area (Å²) in [5, 5.41) is 0.963. The Balaban J connectivity index is 3.68. The van der Waals surface area contributed by atoms with Gasteiger partial charge >= 0.3 is 0 Å². The second-order valence-corrected chi connectivity index (χ2v) is 11.4. The van der Waals surface area contributed by atoms with E-state index in [2.05, 4.69) is 38.2 Å². The Morgan fingerprint density at radius 3 is 1.70 bits per heavy atom. The molecule has 0 nitrogen and oxygen atoms in total. The van der Waals surface area contributed by atoms with Crippen molar-refractivity contribution in [2.24, 2.45) is 0 Å². The Hall–Kier alpha value is 0.700. The van der Waals surface area contributed by atoms with Crippen molar-refractivity contribution in [2.45, 2.75) is 12.2 Å². The maximum Gasteiger partial charge on any atom is -0.00936 e. The summed E-state index contributed by atoms with van der Waals surface area (Å²) in [6.07, 6.45) is 12.0. The lowest BCUT2D eigenvalue weighted by molar-refractivity contribution is 1.12. The predicted molar refractivity (Wildman–Crippen MR) is 60.5 cm³/mol. The highest BCUT2D eigenvalue weighted by atomic mass is 32.3. The molecule has 0 aromatic rings. The van der Waals surface area contributed by atoms with Gasteiger partial charge in [0.1, 0.15) is 0 Å². The van der Waals surface area contributed by atoms with Gasteiger partial charge in [-0.15, -0.1) is 0 Å². The van der Waals surface area contributed by atoms with Crippen LogP contribution in [0.25, 0.3) is 0 Å². The minimum absolute atomic E-state index is 0.252. The highest BCUT2D eigenvalue weighted by Gasteiger charge is 2.11. The molecule has 0 saturated heterocycles.